The van der Waals surface area contributed by atoms with Crippen molar-refractivity contribution >= 4 is 51.9 Å². The fourth-order valence-electron chi connectivity index (χ4n) is 2.79. The molecular formula is C20H11ClF3NO3S2. The number of furan rings is 2. The van der Waals surface area contributed by atoms with Gasteiger partial charge in [0, 0.05) is 11.6 Å². The number of hydrogen-bond acceptors (Lipinski definition) is 5. The molecule has 0 aliphatic carbocycles. The lowest BCUT2D eigenvalue weighted by Gasteiger charge is -2.11. The Kier molecular flexibility index (Phi) is 5.52. The zero-order valence-electron chi connectivity index (χ0n) is 14.9. The fourth-order valence-corrected chi connectivity index (χ4v) is 4.24. The summed E-state index contributed by atoms with van der Waals surface area (Å²) in [5.41, 5.74) is -0.727. The molecule has 0 bridgehead atoms. The van der Waals surface area contributed by atoms with Crippen molar-refractivity contribution in [3.05, 3.63) is 75.7 Å². The lowest BCUT2D eigenvalue weighted by Crippen LogP contribution is -2.27. The number of rotatable bonds is 4. The molecule has 30 heavy (non-hydrogen) atoms. The molecule has 0 unspecified atom stereocenters. The van der Waals surface area contributed by atoms with Gasteiger partial charge in [0.2, 0.25) is 0 Å². The minimum atomic E-state index is -4.50. The molecule has 0 saturated carbocycles. The molecule has 2 aromatic heterocycles. The number of carbonyl (C=O) groups is 1. The quantitative estimate of drug-likeness (QED) is 0.317. The molecular weight excluding hydrogens is 459 g/mol. The van der Waals surface area contributed by atoms with Crippen molar-refractivity contribution in [3.63, 3.8) is 0 Å². The summed E-state index contributed by atoms with van der Waals surface area (Å²) in [6.07, 6.45) is -1.50. The maximum absolute atomic E-state index is 13.0. The van der Waals surface area contributed by atoms with Crippen LogP contribution in [-0.2, 0) is 17.5 Å². The summed E-state index contributed by atoms with van der Waals surface area (Å²) < 4.78 is 50.2. The van der Waals surface area contributed by atoms with Crippen LogP contribution in [0.3, 0.4) is 0 Å². The molecule has 0 spiro atoms. The Hall–Kier alpha value is -2.49. The molecule has 3 heterocycles. The third-order valence-corrected chi connectivity index (χ3v) is 5.93. The fraction of sp³-hybridized carbons (Fsp3) is 0.100. The van der Waals surface area contributed by atoms with E-state index in [9.17, 15) is 18.0 Å². The predicted octanol–water partition coefficient (Wildman–Crippen LogP) is 6.61. The van der Waals surface area contributed by atoms with E-state index in [2.05, 4.69) is 0 Å². The average Bonchev–Trinajstić information content (AvgIpc) is 3.40. The lowest BCUT2D eigenvalue weighted by molar-refractivity contribution is -0.137. The highest BCUT2D eigenvalue weighted by Gasteiger charge is 2.33. The molecule has 1 aromatic carbocycles. The minimum Gasteiger partial charge on any atom is -0.467 e. The maximum atomic E-state index is 13.0. The SMILES string of the molecule is O=C1C(=Cc2ccc(-c3cc(C(F)(F)F)ccc3Cl)o2)SC(=S)N1Cc1ccco1. The average molecular weight is 470 g/mol. The Morgan fingerprint density at radius 1 is 1.20 bits per heavy atom. The molecule has 0 radical (unpaired) electrons. The van der Waals surface area contributed by atoms with Crippen LogP contribution in [0.4, 0.5) is 13.2 Å². The van der Waals surface area contributed by atoms with Crippen molar-refractivity contribution < 1.29 is 26.8 Å². The minimum absolute atomic E-state index is 0.108. The van der Waals surface area contributed by atoms with Crippen LogP contribution in [0.25, 0.3) is 17.4 Å². The van der Waals surface area contributed by atoms with E-state index >= 15 is 0 Å². The molecule has 1 amide bonds. The van der Waals surface area contributed by atoms with Crippen LogP contribution in [0, 0.1) is 0 Å². The normalized spacial score (nSPS) is 16.1. The highest BCUT2D eigenvalue weighted by Crippen LogP contribution is 2.38. The predicted molar refractivity (Wildman–Crippen MR) is 112 cm³/mol. The smallest absolute Gasteiger partial charge is 0.416 e. The Balaban J connectivity index is 1.59. The van der Waals surface area contributed by atoms with E-state index in [0.29, 0.717) is 15.0 Å². The molecule has 1 fully saturated rings. The molecule has 154 valence electrons. The van der Waals surface area contributed by atoms with Crippen LogP contribution >= 0.6 is 35.6 Å². The van der Waals surface area contributed by atoms with E-state index in [-0.39, 0.29) is 34.6 Å². The van der Waals surface area contributed by atoms with E-state index in [1.165, 1.54) is 29.4 Å². The van der Waals surface area contributed by atoms with Gasteiger partial charge in [0.25, 0.3) is 5.91 Å². The summed E-state index contributed by atoms with van der Waals surface area (Å²) in [6.45, 7) is 0.207. The third kappa shape index (κ3) is 4.19. The number of thiocarbonyl (C=S) groups is 1. The van der Waals surface area contributed by atoms with Crippen molar-refractivity contribution in [3.8, 4) is 11.3 Å². The van der Waals surface area contributed by atoms with Gasteiger partial charge in [0.1, 0.15) is 21.6 Å². The van der Waals surface area contributed by atoms with Gasteiger partial charge in [0.15, 0.2) is 0 Å². The van der Waals surface area contributed by atoms with E-state index < -0.39 is 11.7 Å². The Bertz CT molecular complexity index is 1150. The van der Waals surface area contributed by atoms with Gasteiger partial charge >= 0.3 is 6.18 Å². The van der Waals surface area contributed by atoms with Gasteiger partial charge in [-0.2, -0.15) is 13.2 Å². The lowest BCUT2D eigenvalue weighted by atomic mass is 10.1. The summed E-state index contributed by atoms with van der Waals surface area (Å²) in [6, 6.07) is 9.49. The zero-order valence-corrected chi connectivity index (χ0v) is 17.3. The van der Waals surface area contributed by atoms with Crippen molar-refractivity contribution in [2.24, 2.45) is 0 Å². The van der Waals surface area contributed by atoms with Crippen LogP contribution in [-0.4, -0.2) is 15.1 Å². The van der Waals surface area contributed by atoms with E-state index in [4.69, 9.17) is 32.7 Å². The number of benzene rings is 1. The number of alkyl halides is 3. The molecule has 1 aliphatic rings. The number of nitrogens with zero attached hydrogens (tertiary/aromatic N) is 1. The first-order valence-electron chi connectivity index (χ1n) is 8.47. The first kappa shape index (κ1) is 20.8. The van der Waals surface area contributed by atoms with Crippen molar-refractivity contribution in [1.82, 2.24) is 4.90 Å². The van der Waals surface area contributed by atoms with Gasteiger partial charge in [-0.1, -0.05) is 35.6 Å². The maximum Gasteiger partial charge on any atom is 0.416 e. The number of amides is 1. The number of halogens is 4. The molecule has 0 N–H and O–H groups in total. The van der Waals surface area contributed by atoms with Gasteiger partial charge in [0.05, 0.1) is 28.3 Å². The van der Waals surface area contributed by atoms with Crippen LogP contribution in [0.5, 0.6) is 0 Å². The third-order valence-electron chi connectivity index (χ3n) is 4.23. The number of hydrogen-bond donors (Lipinski definition) is 0. The van der Waals surface area contributed by atoms with Crippen molar-refractivity contribution in [2.45, 2.75) is 12.7 Å². The monoisotopic (exact) mass is 469 g/mol. The van der Waals surface area contributed by atoms with Gasteiger partial charge in [-0.25, -0.2) is 0 Å². The van der Waals surface area contributed by atoms with Gasteiger partial charge in [-0.05, 0) is 42.5 Å². The molecule has 4 rings (SSSR count). The van der Waals surface area contributed by atoms with Crippen LogP contribution in [0.15, 0.2) is 62.5 Å². The summed E-state index contributed by atoms with van der Waals surface area (Å²) in [5, 5.41) is 0.119. The summed E-state index contributed by atoms with van der Waals surface area (Å²) >= 11 is 12.4. The van der Waals surface area contributed by atoms with Crippen LogP contribution in [0.1, 0.15) is 17.1 Å². The van der Waals surface area contributed by atoms with Gasteiger partial charge in [-0.3, -0.25) is 9.69 Å². The van der Waals surface area contributed by atoms with Crippen LogP contribution in [0.2, 0.25) is 5.02 Å². The molecule has 4 nitrogen and oxygen atoms in total. The largest absolute Gasteiger partial charge is 0.467 e. The Morgan fingerprint density at radius 3 is 2.70 bits per heavy atom. The van der Waals surface area contributed by atoms with Crippen LogP contribution < -0.4 is 0 Å². The van der Waals surface area contributed by atoms with E-state index in [1.807, 2.05) is 0 Å². The number of carbonyl (C=O) groups excluding carboxylic acids is 1. The van der Waals surface area contributed by atoms with Gasteiger partial charge in [-0.15, -0.1) is 0 Å². The molecule has 1 saturated heterocycles. The van der Waals surface area contributed by atoms with Crippen molar-refractivity contribution in [1.29, 1.82) is 0 Å². The van der Waals surface area contributed by atoms with Gasteiger partial charge < -0.3 is 8.83 Å². The Labute approximate surface area is 183 Å². The molecule has 1 aliphatic heterocycles. The molecule has 0 atom stereocenters. The second-order valence-electron chi connectivity index (χ2n) is 6.24. The zero-order chi connectivity index (χ0) is 21.5. The highest BCUT2D eigenvalue weighted by atomic mass is 35.5. The summed E-state index contributed by atoms with van der Waals surface area (Å²) in [5.74, 6) is 0.726. The molecule has 3 aromatic rings. The highest BCUT2D eigenvalue weighted by molar-refractivity contribution is 8.26. The standard InChI is InChI=1S/C20H11ClF3NO3S2/c21-15-5-3-11(20(22,23)24)8-14(15)16-6-4-12(28-16)9-17-18(26)25(19(29)30-17)10-13-2-1-7-27-13/h1-9H,10H2. The first-order chi connectivity index (χ1) is 14.2. The molecule has 10 heteroatoms. The summed E-state index contributed by atoms with van der Waals surface area (Å²) in [4.78, 5) is 14.4. The summed E-state index contributed by atoms with van der Waals surface area (Å²) in [7, 11) is 0. The topological polar surface area (TPSA) is 46.6 Å². The number of thioether (sulfide) groups is 1. The first-order valence-corrected chi connectivity index (χ1v) is 10.1. The van der Waals surface area contributed by atoms with Crippen molar-refractivity contribution in [2.75, 3.05) is 0 Å². The van der Waals surface area contributed by atoms with E-state index in [1.54, 1.807) is 18.2 Å². The van der Waals surface area contributed by atoms with E-state index in [0.717, 1.165) is 23.9 Å². The Morgan fingerprint density at radius 2 is 2.00 bits per heavy atom. The second kappa shape index (κ2) is 7.98. The second-order valence-corrected chi connectivity index (χ2v) is 8.32.